The van der Waals surface area contributed by atoms with Crippen molar-refractivity contribution in [2.75, 3.05) is 19.0 Å². The standard InChI is InChI=1S/C23H26ClN3O5S/c1-6-16(20(28)26-15-9-14(24)7-8-17(15)31-5)27-11-25-21-18(22(27)29)13(4)19(33-21)23(30)32-10-12(2)3/h7-9,11-12,16H,6,10H2,1-5H3,(H,26,28). The van der Waals surface area contributed by atoms with Gasteiger partial charge in [0.2, 0.25) is 5.91 Å². The topological polar surface area (TPSA) is 99.5 Å². The number of rotatable bonds is 8. The first-order chi connectivity index (χ1) is 15.7. The molecule has 0 spiro atoms. The number of aromatic nitrogens is 2. The van der Waals surface area contributed by atoms with Gasteiger partial charge in [-0.15, -0.1) is 11.3 Å². The Morgan fingerprint density at radius 2 is 2.03 bits per heavy atom. The molecule has 10 heteroatoms. The first-order valence-electron chi connectivity index (χ1n) is 10.5. The average Bonchev–Trinajstić information content (AvgIpc) is 3.11. The van der Waals surface area contributed by atoms with Crippen LogP contribution in [-0.2, 0) is 9.53 Å². The van der Waals surface area contributed by atoms with Crippen LogP contribution in [0.4, 0.5) is 5.69 Å². The lowest BCUT2D eigenvalue weighted by molar-refractivity contribution is -0.119. The van der Waals surface area contributed by atoms with Gasteiger partial charge in [-0.1, -0.05) is 32.4 Å². The zero-order chi connectivity index (χ0) is 24.3. The largest absolute Gasteiger partial charge is 0.495 e. The number of amides is 1. The molecule has 1 aromatic carbocycles. The number of fused-ring (bicyclic) bond motifs is 1. The Hall–Kier alpha value is -2.91. The van der Waals surface area contributed by atoms with Crippen molar-refractivity contribution in [1.82, 2.24) is 9.55 Å². The number of hydrogen-bond donors (Lipinski definition) is 1. The van der Waals surface area contributed by atoms with Gasteiger partial charge in [0.1, 0.15) is 21.5 Å². The number of halogens is 1. The fourth-order valence-corrected chi connectivity index (χ4v) is 4.57. The number of esters is 1. The third-order valence-electron chi connectivity index (χ3n) is 5.05. The number of ether oxygens (including phenoxy) is 2. The summed E-state index contributed by atoms with van der Waals surface area (Å²) in [6, 6.07) is 4.05. The maximum atomic E-state index is 13.3. The lowest BCUT2D eigenvalue weighted by atomic mass is 10.1. The number of thiophene rings is 1. The molecule has 33 heavy (non-hydrogen) atoms. The lowest BCUT2D eigenvalue weighted by Crippen LogP contribution is -2.33. The van der Waals surface area contributed by atoms with Crippen molar-refractivity contribution in [2.24, 2.45) is 5.92 Å². The zero-order valence-corrected chi connectivity index (χ0v) is 20.7. The summed E-state index contributed by atoms with van der Waals surface area (Å²) in [6.07, 6.45) is 1.68. The van der Waals surface area contributed by atoms with Crippen LogP contribution in [0.15, 0.2) is 29.3 Å². The molecule has 8 nitrogen and oxygen atoms in total. The van der Waals surface area contributed by atoms with Gasteiger partial charge >= 0.3 is 5.97 Å². The molecule has 0 radical (unpaired) electrons. The molecule has 1 unspecified atom stereocenters. The van der Waals surface area contributed by atoms with Crippen molar-refractivity contribution >= 4 is 50.7 Å². The fraction of sp³-hybridized carbons (Fsp3) is 0.391. The third kappa shape index (κ3) is 5.20. The van der Waals surface area contributed by atoms with Gasteiger partial charge in [-0.05, 0) is 43.0 Å². The van der Waals surface area contributed by atoms with E-state index in [0.29, 0.717) is 43.5 Å². The minimum Gasteiger partial charge on any atom is -0.495 e. The van der Waals surface area contributed by atoms with E-state index >= 15 is 0 Å². The van der Waals surface area contributed by atoms with Gasteiger partial charge in [-0.2, -0.15) is 0 Å². The second kappa shape index (κ2) is 10.4. The molecule has 0 aliphatic carbocycles. The molecular formula is C23H26ClN3O5S. The highest BCUT2D eigenvalue weighted by molar-refractivity contribution is 7.20. The van der Waals surface area contributed by atoms with E-state index in [4.69, 9.17) is 21.1 Å². The van der Waals surface area contributed by atoms with Gasteiger partial charge in [-0.3, -0.25) is 14.2 Å². The number of benzene rings is 1. The number of aryl methyl sites for hydroxylation is 1. The average molecular weight is 492 g/mol. The van der Waals surface area contributed by atoms with Crippen LogP contribution in [0.3, 0.4) is 0 Å². The number of methoxy groups -OCH3 is 1. The second-order valence-electron chi connectivity index (χ2n) is 7.94. The highest BCUT2D eigenvalue weighted by atomic mass is 35.5. The van der Waals surface area contributed by atoms with Crippen LogP contribution >= 0.6 is 22.9 Å². The Kier molecular flexibility index (Phi) is 7.76. The number of anilines is 1. The Bertz CT molecular complexity index is 1250. The maximum absolute atomic E-state index is 13.3. The molecule has 176 valence electrons. The maximum Gasteiger partial charge on any atom is 0.348 e. The van der Waals surface area contributed by atoms with Gasteiger partial charge in [-0.25, -0.2) is 9.78 Å². The fourth-order valence-electron chi connectivity index (χ4n) is 3.36. The minimum atomic E-state index is -0.825. The molecule has 0 fully saturated rings. The molecular weight excluding hydrogens is 466 g/mol. The van der Waals surface area contributed by atoms with Gasteiger partial charge in [0.15, 0.2) is 0 Å². The summed E-state index contributed by atoms with van der Waals surface area (Å²) in [6.45, 7) is 7.66. The summed E-state index contributed by atoms with van der Waals surface area (Å²) >= 11 is 7.17. The van der Waals surface area contributed by atoms with Crippen LogP contribution < -0.4 is 15.6 Å². The molecule has 1 amide bonds. The van der Waals surface area contributed by atoms with E-state index in [1.807, 2.05) is 13.8 Å². The summed E-state index contributed by atoms with van der Waals surface area (Å²) < 4.78 is 11.9. The van der Waals surface area contributed by atoms with E-state index in [9.17, 15) is 14.4 Å². The van der Waals surface area contributed by atoms with Crippen molar-refractivity contribution in [1.29, 1.82) is 0 Å². The molecule has 2 aromatic heterocycles. The molecule has 0 bridgehead atoms. The second-order valence-corrected chi connectivity index (χ2v) is 9.38. The Morgan fingerprint density at radius 3 is 2.67 bits per heavy atom. The van der Waals surface area contributed by atoms with Crippen molar-refractivity contribution in [2.45, 2.75) is 40.2 Å². The van der Waals surface area contributed by atoms with Crippen LogP contribution in [-0.4, -0.2) is 35.1 Å². The molecule has 0 aliphatic rings. The number of carbonyl (C=O) groups is 2. The van der Waals surface area contributed by atoms with E-state index in [-0.39, 0.29) is 12.5 Å². The highest BCUT2D eigenvalue weighted by Crippen LogP contribution is 2.30. The molecule has 0 saturated carbocycles. The summed E-state index contributed by atoms with van der Waals surface area (Å²) in [4.78, 5) is 44.0. The summed E-state index contributed by atoms with van der Waals surface area (Å²) in [7, 11) is 1.49. The minimum absolute atomic E-state index is 0.195. The molecule has 0 aliphatic heterocycles. The quantitative estimate of drug-likeness (QED) is 0.453. The predicted molar refractivity (Wildman–Crippen MR) is 130 cm³/mol. The smallest absolute Gasteiger partial charge is 0.348 e. The Labute approximate surface area is 200 Å². The van der Waals surface area contributed by atoms with Crippen molar-refractivity contribution in [3.63, 3.8) is 0 Å². The molecule has 2 heterocycles. The van der Waals surface area contributed by atoms with E-state index in [0.717, 1.165) is 11.3 Å². The monoisotopic (exact) mass is 491 g/mol. The number of hydrogen-bond acceptors (Lipinski definition) is 7. The van der Waals surface area contributed by atoms with Crippen molar-refractivity contribution < 1.29 is 19.1 Å². The number of nitrogens with zero attached hydrogens (tertiary/aromatic N) is 2. The SMILES string of the molecule is CCC(C(=O)Nc1cc(Cl)ccc1OC)n1cnc2sc(C(=O)OCC(C)C)c(C)c2c1=O. The van der Waals surface area contributed by atoms with Gasteiger partial charge in [0.25, 0.3) is 5.56 Å². The van der Waals surface area contributed by atoms with Crippen LogP contribution in [0, 0.1) is 12.8 Å². The van der Waals surface area contributed by atoms with Crippen LogP contribution in [0.25, 0.3) is 10.2 Å². The van der Waals surface area contributed by atoms with Gasteiger partial charge < -0.3 is 14.8 Å². The molecule has 3 rings (SSSR count). The van der Waals surface area contributed by atoms with E-state index in [2.05, 4.69) is 10.3 Å². The normalized spacial score (nSPS) is 12.1. The predicted octanol–water partition coefficient (Wildman–Crippen LogP) is 4.83. The zero-order valence-electron chi connectivity index (χ0n) is 19.1. The Morgan fingerprint density at radius 1 is 1.30 bits per heavy atom. The molecule has 3 aromatic rings. The Balaban J connectivity index is 1.96. The third-order valence-corrected chi connectivity index (χ3v) is 6.47. The van der Waals surface area contributed by atoms with Crippen LogP contribution in [0.5, 0.6) is 5.75 Å². The summed E-state index contributed by atoms with van der Waals surface area (Å²) in [5.41, 5.74) is 0.511. The highest BCUT2D eigenvalue weighted by Gasteiger charge is 2.25. The van der Waals surface area contributed by atoms with Gasteiger partial charge in [0, 0.05) is 5.02 Å². The summed E-state index contributed by atoms with van der Waals surface area (Å²) in [5, 5.41) is 3.53. The van der Waals surface area contributed by atoms with Crippen LogP contribution in [0.1, 0.15) is 48.5 Å². The van der Waals surface area contributed by atoms with E-state index in [1.165, 1.54) is 18.0 Å². The molecule has 0 saturated heterocycles. The van der Waals surface area contributed by atoms with Gasteiger partial charge in [0.05, 0.1) is 31.1 Å². The number of nitrogens with one attached hydrogen (secondary N) is 1. The molecule has 1 atom stereocenters. The summed E-state index contributed by atoms with van der Waals surface area (Å²) in [5.74, 6) is -0.249. The lowest BCUT2D eigenvalue weighted by Gasteiger charge is -2.18. The van der Waals surface area contributed by atoms with Crippen LogP contribution in [0.2, 0.25) is 5.02 Å². The van der Waals surface area contributed by atoms with Crippen molar-refractivity contribution in [3.8, 4) is 5.75 Å². The first-order valence-corrected chi connectivity index (χ1v) is 11.7. The molecule has 1 N–H and O–H groups in total. The van der Waals surface area contributed by atoms with Crippen molar-refractivity contribution in [3.05, 3.63) is 50.3 Å². The first kappa shape index (κ1) is 24.7. The van der Waals surface area contributed by atoms with E-state index in [1.54, 1.807) is 32.0 Å². The van der Waals surface area contributed by atoms with E-state index < -0.39 is 23.5 Å². The number of carbonyl (C=O) groups excluding carboxylic acids is 2.